The van der Waals surface area contributed by atoms with Crippen LogP contribution in [-0.4, -0.2) is 171 Å². The molecule has 0 amide bonds. The first-order valence-corrected chi connectivity index (χ1v) is 28.5. The largest absolute Gasteiger partial charge is 0.472 e. The third-order valence-electron chi connectivity index (χ3n) is 13.0. The Morgan fingerprint density at radius 3 is 1.18 bits per heavy atom. The van der Waals surface area contributed by atoms with Crippen LogP contribution in [0.1, 0.15) is 194 Å². The van der Waals surface area contributed by atoms with Crippen molar-refractivity contribution in [1.82, 2.24) is 0 Å². The summed E-state index contributed by atoms with van der Waals surface area (Å²) in [4.78, 5) is 36.8. The molecule has 0 aliphatic carbocycles. The van der Waals surface area contributed by atoms with Gasteiger partial charge in [-0.2, -0.15) is 0 Å². The first-order valence-electron chi connectivity index (χ1n) is 27.0. The number of ether oxygens (including phenoxy) is 6. The van der Waals surface area contributed by atoms with E-state index in [1.165, 1.54) is 103 Å². The van der Waals surface area contributed by atoms with Crippen molar-refractivity contribution < 1.29 is 97.4 Å². The predicted molar refractivity (Wildman–Crippen MR) is 262 cm³/mol. The molecular weight excluding hydrogens is 952 g/mol. The van der Waals surface area contributed by atoms with Gasteiger partial charge < -0.3 is 74.2 Å². The maximum Gasteiger partial charge on any atom is 0.472 e. The number of phosphoric acid groups is 1. The van der Waals surface area contributed by atoms with E-state index in [-0.39, 0.29) is 12.8 Å². The van der Waals surface area contributed by atoms with Crippen LogP contribution in [0.25, 0.3) is 0 Å². The monoisotopic (exact) mass is 1050 g/mol. The van der Waals surface area contributed by atoms with Gasteiger partial charge >= 0.3 is 19.8 Å². The fourth-order valence-corrected chi connectivity index (χ4v) is 9.43. The quantitative estimate of drug-likeness (QED) is 0.0206. The van der Waals surface area contributed by atoms with Crippen molar-refractivity contribution >= 4 is 19.8 Å². The zero-order valence-corrected chi connectivity index (χ0v) is 43.8. The molecule has 2 heterocycles. The van der Waals surface area contributed by atoms with Crippen molar-refractivity contribution in [3.8, 4) is 0 Å². The highest BCUT2D eigenvalue weighted by atomic mass is 31.2. The number of hydrogen-bond donors (Lipinski definition) is 9. The second-order valence-electron chi connectivity index (χ2n) is 19.3. The molecule has 2 aliphatic heterocycles. The van der Waals surface area contributed by atoms with Crippen molar-refractivity contribution in [3.63, 3.8) is 0 Å². The normalized spacial score (nSPS) is 26.1. The highest BCUT2D eigenvalue weighted by molar-refractivity contribution is 7.47. The van der Waals surface area contributed by atoms with Crippen molar-refractivity contribution in [1.29, 1.82) is 0 Å². The van der Waals surface area contributed by atoms with Gasteiger partial charge in [0.1, 0.15) is 61.5 Å². The van der Waals surface area contributed by atoms with Crippen LogP contribution in [-0.2, 0) is 51.6 Å². The van der Waals surface area contributed by atoms with Crippen LogP contribution in [0.3, 0.4) is 0 Å². The Kier molecular flexibility index (Phi) is 36.9. The summed E-state index contributed by atoms with van der Waals surface area (Å²) < 4.78 is 56.9. The second kappa shape index (κ2) is 39.9. The lowest BCUT2D eigenvalue weighted by atomic mass is 9.99. The summed E-state index contributed by atoms with van der Waals surface area (Å²) >= 11 is 0. The first kappa shape index (κ1) is 65.7. The Hall–Kier alpha value is -1.43. The minimum absolute atomic E-state index is 0.0567. The van der Waals surface area contributed by atoms with Gasteiger partial charge in [-0.15, -0.1) is 0 Å². The van der Waals surface area contributed by atoms with Crippen molar-refractivity contribution in [2.75, 3.05) is 39.6 Å². The first-order chi connectivity index (χ1) is 34.2. The van der Waals surface area contributed by atoms with Gasteiger partial charge in [-0.1, -0.05) is 168 Å². The lowest BCUT2D eigenvalue weighted by Crippen LogP contribution is -2.60. The number of aliphatic hydroxyl groups excluding tert-OH is 8. The Bertz CT molecular complexity index is 1340. The van der Waals surface area contributed by atoms with Gasteiger partial charge in [-0.3, -0.25) is 18.6 Å². The molecule has 0 bridgehead atoms. The molecule has 12 atom stereocenters. The summed E-state index contributed by atoms with van der Waals surface area (Å²) in [5, 5.41) is 81.0. The number of aliphatic hydroxyl groups is 8. The third kappa shape index (κ3) is 28.9. The van der Waals surface area contributed by atoms with Crippen molar-refractivity contribution in [3.05, 3.63) is 0 Å². The van der Waals surface area contributed by atoms with Crippen LogP contribution in [0.5, 0.6) is 0 Å². The molecular formula is C50H95O20P. The Labute approximate surface area is 423 Å². The zero-order valence-electron chi connectivity index (χ0n) is 42.9. The molecule has 2 rings (SSSR count). The van der Waals surface area contributed by atoms with Crippen LogP contribution in [0, 0.1) is 0 Å². The molecule has 0 aromatic rings. The summed E-state index contributed by atoms with van der Waals surface area (Å²) in [6, 6.07) is 0. The summed E-state index contributed by atoms with van der Waals surface area (Å²) in [5.41, 5.74) is 0. The molecule has 2 saturated heterocycles. The number of esters is 2. The van der Waals surface area contributed by atoms with Gasteiger partial charge in [0.05, 0.1) is 33.0 Å². The van der Waals surface area contributed by atoms with Gasteiger partial charge in [-0.05, 0) is 12.8 Å². The molecule has 0 radical (unpaired) electrons. The summed E-state index contributed by atoms with van der Waals surface area (Å²) in [7, 11) is -5.20. The van der Waals surface area contributed by atoms with Crippen LogP contribution in [0.4, 0.5) is 0 Å². The topological polar surface area (TPSA) is 307 Å². The standard InChI is InChI=1S/C50H95O20P/c1-3-5-7-9-11-13-15-17-19-21-23-25-27-29-41(53)63-33-37(67-42(54)30-28-26-24-22-20-18-16-14-12-10-8-6-4-2)36-66-71(61,62)70-38(34-64-49-47(59)45(57)43(55)39(31-51)68-49)35-65-50-48(60)46(58)44(56)40(32-52)69-50/h37-40,43-52,55-60H,3-36H2,1-2H3,(H,61,62)/t37-,39-,40-,43-,44-,45+,46+,47+,48+,49+,50+/m1/s1. The highest BCUT2D eigenvalue weighted by Gasteiger charge is 2.46. The van der Waals surface area contributed by atoms with Crippen LogP contribution >= 0.6 is 7.82 Å². The molecule has 20 nitrogen and oxygen atoms in total. The van der Waals surface area contributed by atoms with Crippen LogP contribution < -0.4 is 0 Å². The van der Waals surface area contributed by atoms with E-state index < -0.39 is 133 Å². The van der Waals surface area contributed by atoms with Gasteiger partial charge in [-0.25, -0.2) is 4.57 Å². The van der Waals surface area contributed by atoms with E-state index in [1.807, 2.05) is 0 Å². The van der Waals surface area contributed by atoms with Crippen LogP contribution in [0.15, 0.2) is 0 Å². The average molecular weight is 1050 g/mol. The number of carbonyl (C=O) groups is 2. The van der Waals surface area contributed by atoms with Crippen molar-refractivity contribution in [2.24, 2.45) is 0 Å². The Balaban J connectivity index is 2.00. The minimum Gasteiger partial charge on any atom is -0.462 e. The average Bonchev–Trinajstić information content (AvgIpc) is 3.35. The smallest absolute Gasteiger partial charge is 0.462 e. The number of phosphoric ester groups is 1. The van der Waals surface area contributed by atoms with E-state index in [4.69, 9.17) is 37.5 Å². The highest BCUT2D eigenvalue weighted by Crippen LogP contribution is 2.45. The fourth-order valence-electron chi connectivity index (χ4n) is 8.51. The Morgan fingerprint density at radius 2 is 0.817 bits per heavy atom. The maximum atomic E-state index is 13.5. The van der Waals surface area contributed by atoms with E-state index in [9.17, 15) is 59.9 Å². The molecule has 0 saturated carbocycles. The molecule has 21 heteroatoms. The van der Waals surface area contributed by atoms with E-state index >= 15 is 0 Å². The molecule has 2 aliphatic rings. The third-order valence-corrected chi connectivity index (χ3v) is 14.0. The molecule has 420 valence electrons. The number of unbranched alkanes of at least 4 members (excludes halogenated alkanes) is 24. The maximum absolute atomic E-state index is 13.5. The molecule has 71 heavy (non-hydrogen) atoms. The Morgan fingerprint density at radius 1 is 0.465 bits per heavy atom. The summed E-state index contributed by atoms with van der Waals surface area (Å²) in [6.45, 7) is 0.0870. The molecule has 0 spiro atoms. The molecule has 1 unspecified atom stereocenters. The van der Waals surface area contributed by atoms with Gasteiger partial charge in [0.2, 0.25) is 0 Å². The number of rotatable bonds is 44. The van der Waals surface area contributed by atoms with E-state index in [2.05, 4.69) is 13.8 Å². The van der Waals surface area contributed by atoms with E-state index in [0.29, 0.717) is 12.8 Å². The van der Waals surface area contributed by atoms with Crippen molar-refractivity contribution in [2.45, 2.75) is 267 Å². The molecule has 0 aromatic heterocycles. The van der Waals surface area contributed by atoms with Gasteiger partial charge in [0.25, 0.3) is 0 Å². The van der Waals surface area contributed by atoms with E-state index in [0.717, 1.165) is 51.4 Å². The SMILES string of the molecule is CCCCCCCCCCCCCCCC(=O)OC[C@H](COP(=O)(O)OC(CO[C@H]1O[C@H](CO)[C@@H](O)[C@H](O)[C@@H]1O)CO[C@H]1O[C@H](CO)[C@@H](O)[C@H](O)[C@@H]1O)OC(=O)CCCCCCCCCCCCCCC. The van der Waals surface area contributed by atoms with Gasteiger partial charge in [0.15, 0.2) is 18.7 Å². The second-order valence-corrected chi connectivity index (χ2v) is 20.7. The summed E-state index contributed by atoms with van der Waals surface area (Å²) in [6.07, 6.45) is 9.72. The van der Waals surface area contributed by atoms with E-state index in [1.54, 1.807) is 0 Å². The molecule has 0 aromatic carbocycles. The molecule has 9 N–H and O–H groups in total. The zero-order chi connectivity index (χ0) is 52.3. The number of hydrogen-bond acceptors (Lipinski definition) is 19. The fraction of sp³-hybridized carbons (Fsp3) is 0.960. The minimum atomic E-state index is -5.20. The lowest BCUT2D eigenvalue weighted by Gasteiger charge is -2.40. The predicted octanol–water partition coefficient (Wildman–Crippen LogP) is 5.54. The van der Waals surface area contributed by atoms with Gasteiger partial charge in [0, 0.05) is 12.8 Å². The van der Waals surface area contributed by atoms with Crippen LogP contribution in [0.2, 0.25) is 0 Å². The lowest BCUT2D eigenvalue weighted by molar-refractivity contribution is -0.314. The summed E-state index contributed by atoms with van der Waals surface area (Å²) in [5.74, 6) is -1.16. The number of carbonyl (C=O) groups excluding carboxylic acids is 2. The molecule has 2 fully saturated rings.